The fraction of sp³-hybridized carbons (Fsp3) is 0.455. The zero-order valence-electron chi connectivity index (χ0n) is 8.82. The zero-order valence-corrected chi connectivity index (χ0v) is 11.2. The highest BCUT2D eigenvalue weighted by atomic mass is 79.9. The summed E-state index contributed by atoms with van der Waals surface area (Å²) in [6.07, 6.45) is 0. The molecule has 78 valence electrons. The number of hydrogen-bond donors (Lipinski definition) is 0. The van der Waals surface area contributed by atoms with Gasteiger partial charge in [0.2, 0.25) is 0 Å². The smallest absolute Gasteiger partial charge is 0.151 e. The SMILES string of the molecule is COc1c(Cl)cc(C(C)(C)C)cc1Br. The molecular formula is C11H14BrClO. The van der Waals surface area contributed by atoms with Crippen LogP contribution in [0.3, 0.4) is 0 Å². The van der Waals surface area contributed by atoms with E-state index in [0.717, 1.165) is 4.47 Å². The first kappa shape index (κ1) is 11.9. The maximum Gasteiger partial charge on any atom is 0.151 e. The summed E-state index contributed by atoms with van der Waals surface area (Å²) in [6, 6.07) is 4.00. The van der Waals surface area contributed by atoms with Gasteiger partial charge in [0, 0.05) is 0 Å². The lowest BCUT2D eigenvalue weighted by molar-refractivity contribution is 0.411. The van der Waals surface area contributed by atoms with Gasteiger partial charge in [-0.25, -0.2) is 0 Å². The van der Waals surface area contributed by atoms with E-state index in [1.165, 1.54) is 5.56 Å². The molecule has 0 saturated carbocycles. The van der Waals surface area contributed by atoms with E-state index >= 15 is 0 Å². The second-order valence-corrected chi connectivity index (χ2v) is 5.48. The number of methoxy groups -OCH3 is 1. The molecule has 0 radical (unpaired) electrons. The van der Waals surface area contributed by atoms with Crippen molar-refractivity contribution in [1.82, 2.24) is 0 Å². The molecule has 3 heteroatoms. The van der Waals surface area contributed by atoms with Gasteiger partial charge in [0.05, 0.1) is 16.6 Å². The minimum atomic E-state index is 0.0957. The average Bonchev–Trinajstić information content (AvgIpc) is 2.01. The molecule has 0 spiro atoms. The van der Waals surface area contributed by atoms with Gasteiger partial charge in [0.15, 0.2) is 5.75 Å². The molecule has 0 aliphatic carbocycles. The maximum atomic E-state index is 6.09. The van der Waals surface area contributed by atoms with Crippen LogP contribution in [0.15, 0.2) is 16.6 Å². The summed E-state index contributed by atoms with van der Waals surface area (Å²) in [4.78, 5) is 0. The Morgan fingerprint density at radius 1 is 1.29 bits per heavy atom. The van der Waals surface area contributed by atoms with Crippen LogP contribution in [0, 0.1) is 0 Å². The molecule has 0 heterocycles. The van der Waals surface area contributed by atoms with Crippen LogP contribution in [-0.2, 0) is 5.41 Å². The lowest BCUT2D eigenvalue weighted by atomic mass is 9.87. The summed E-state index contributed by atoms with van der Waals surface area (Å²) in [5, 5.41) is 0.645. The molecule has 1 aromatic carbocycles. The molecule has 0 atom stereocenters. The third-order valence-electron chi connectivity index (χ3n) is 2.07. The monoisotopic (exact) mass is 276 g/mol. The van der Waals surface area contributed by atoms with Crippen LogP contribution >= 0.6 is 27.5 Å². The summed E-state index contributed by atoms with van der Waals surface area (Å²) < 4.78 is 6.06. The minimum absolute atomic E-state index is 0.0957. The summed E-state index contributed by atoms with van der Waals surface area (Å²) in [7, 11) is 1.61. The Labute approximate surface area is 98.5 Å². The van der Waals surface area contributed by atoms with E-state index in [-0.39, 0.29) is 5.41 Å². The molecule has 0 unspecified atom stereocenters. The number of rotatable bonds is 1. The van der Waals surface area contributed by atoms with Crippen LogP contribution < -0.4 is 4.74 Å². The van der Waals surface area contributed by atoms with Gasteiger partial charge in [-0.05, 0) is 39.0 Å². The van der Waals surface area contributed by atoms with Crippen molar-refractivity contribution in [3.63, 3.8) is 0 Å². The van der Waals surface area contributed by atoms with Gasteiger partial charge < -0.3 is 4.74 Å². The molecule has 0 N–H and O–H groups in total. The molecule has 0 saturated heterocycles. The van der Waals surface area contributed by atoms with Gasteiger partial charge in [-0.1, -0.05) is 32.4 Å². The first-order valence-corrected chi connectivity index (χ1v) is 5.57. The van der Waals surface area contributed by atoms with Gasteiger partial charge in [-0.3, -0.25) is 0 Å². The van der Waals surface area contributed by atoms with Crippen molar-refractivity contribution in [3.8, 4) is 5.75 Å². The summed E-state index contributed by atoms with van der Waals surface area (Å²) in [5.41, 5.74) is 1.29. The Morgan fingerprint density at radius 2 is 1.86 bits per heavy atom. The largest absolute Gasteiger partial charge is 0.494 e. The van der Waals surface area contributed by atoms with Crippen molar-refractivity contribution in [2.45, 2.75) is 26.2 Å². The topological polar surface area (TPSA) is 9.23 Å². The molecular weight excluding hydrogens is 263 g/mol. The Hall–Kier alpha value is -0.210. The van der Waals surface area contributed by atoms with Gasteiger partial charge >= 0.3 is 0 Å². The van der Waals surface area contributed by atoms with Crippen molar-refractivity contribution < 1.29 is 4.74 Å². The van der Waals surface area contributed by atoms with Crippen LogP contribution in [0.2, 0.25) is 5.02 Å². The van der Waals surface area contributed by atoms with Crippen molar-refractivity contribution in [3.05, 3.63) is 27.2 Å². The quantitative estimate of drug-likeness (QED) is 0.739. The number of ether oxygens (including phenoxy) is 1. The van der Waals surface area contributed by atoms with E-state index in [9.17, 15) is 0 Å². The summed E-state index contributed by atoms with van der Waals surface area (Å²) in [5.74, 6) is 0.694. The molecule has 14 heavy (non-hydrogen) atoms. The number of benzene rings is 1. The van der Waals surface area contributed by atoms with Gasteiger partial charge in [0.25, 0.3) is 0 Å². The Morgan fingerprint density at radius 3 is 2.21 bits per heavy atom. The molecule has 0 amide bonds. The third kappa shape index (κ3) is 2.43. The highest BCUT2D eigenvalue weighted by Gasteiger charge is 2.17. The predicted molar refractivity (Wildman–Crippen MR) is 64.4 cm³/mol. The van der Waals surface area contributed by atoms with Crippen LogP contribution in [0.25, 0.3) is 0 Å². The van der Waals surface area contributed by atoms with Crippen molar-refractivity contribution in [2.24, 2.45) is 0 Å². The van der Waals surface area contributed by atoms with E-state index in [2.05, 4.69) is 36.7 Å². The molecule has 0 fully saturated rings. The molecule has 1 rings (SSSR count). The van der Waals surface area contributed by atoms with E-state index in [1.54, 1.807) is 7.11 Å². The van der Waals surface area contributed by atoms with E-state index in [0.29, 0.717) is 10.8 Å². The molecule has 0 aliphatic heterocycles. The molecule has 1 nitrogen and oxygen atoms in total. The number of hydrogen-bond acceptors (Lipinski definition) is 1. The first-order valence-electron chi connectivity index (χ1n) is 4.40. The fourth-order valence-corrected chi connectivity index (χ4v) is 2.22. The highest BCUT2D eigenvalue weighted by Crippen LogP contribution is 2.37. The van der Waals surface area contributed by atoms with Crippen LogP contribution in [-0.4, -0.2) is 7.11 Å². The highest BCUT2D eigenvalue weighted by molar-refractivity contribution is 9.10. The lowest BCUT2D eigenvalue weighted by Gasteiger charge is -2.20. The van der Waals surface area contributed by atoms with Crippen molar-refractivity contribution >= 4 is 27.5 Å². The molecule has 0 aromatic heterocycles. The summed E-state index contributed by atoms with van der Waals surface area (Å²) >= 11 is 9.53. The molecule has 1 aromatic rings. The summed E-state index contributed by atoms with van der Waals surface area (Å²) in [6.45, 7) is 6.45. The first-order chi connectivity index (χ1) is 6.36. The molecule has 0 bridgehead atoms. The van der Waals surface area contributed by atoms with Crippen molar-refractivity contribution in [2.75, 3.05) is 7.11 Å². The standard InChI is InChI=1S/C11H14BrClO/c1-11(2,3)7-5-8(12)10(14-4)9(13)6-7/h5-6H,1-4H3. The average molecular weight is 278 g/mol. The predicted octanol–water partition coefficient (Wildman–Crippen LogP) is 4.41. The fourth-order valence-electron chi connectivity index (χ4n) is 1.19. The lowest BCUT2D eigenvalue weighted by Crippen LogP contribution is -2.11. The zero-order chi connectivity index (χ0) is 10.9. The normalized spacial score (nSPS) is 11.6. The van der Waals surface area contributed by atoms with Crippen LogP contribution in [0.5, 0.6) is 5.75 Å². The Kier molecular flexibility index (Phi) is 3.49. The minimum Gasteiger partial charge on any atom is -0.494 e. The third-order valence-corrected chi connectivity index (χ3v) is 2.94. The van der Waals surface area contributed by atoms with Gasteiger partial charge in [-0.2, -0.15) is 0 Å². The Balaban J connectivity index is 3.28. The second-order valence-electron chi connectivity index (χ2n) is 4.22. The number of halogens is 2. The second kappa shape index (κ2) is 4.11. The van der Waals surface area contributed by atoms with E-state index < -0.39 is 0 Å². The van der Waals surface area contributed by atoms with Gasteiger partial charge in [0.1, 0.15) is 0 Å². The van der Waals surface area contributed by atoms with Crippen LogP contribution in [0.1, 0.15) is 26.3 Å². The van der Waals surface area contributed by atoms with Crippen molar-refractivity contribution in [1.29, 1.82) is 0 Å². The van der Waals surface area contributed by atoms with Gasteiger partial charge in [-0.15, -0.1) is 0 Å². The Bertz CT molecular complexity index is 319. The van der Waals surface area contributed by atoms with E-state index in [1.807, 2.05) is 12.1 Å². The maximum absolute atomic E-state index is 6.09. The molecule has 0 aliphatic rings. The van der Waals surface area contributed by atoms with E-state index in [4.69, 9.17) is 16.3 Å². The van der Waals surface area contributed by atoms with Crippen LogP contribution in [0.4, 0.5) is 0 Å².